The molecule has 118 valence electrons. The van der Waals surface area contributed by atoms with Crippen molar-refractivity contribution in [3.8, 4) is 5.88 Å². The summed E-state index contributed by atoms with van der Waals surface area (Å²) < 4.78 is 1.47. The number of hydrogen-bond donors (Lipinski definition) is 2. The lowest BCUT2D eigenvalue weighted by Gasteiger charge is -2.06. The number of aliphatic hydroxyl groups is 1. The summed E-state index contributed by atoms with van der Waals surface area (Å²) in [7, 11) is 0. The van der Waals surface area contributed by atoms with E-state index in [2.05, 4.69) is 15.1 Å². The molecule has 0 atom stereocenters. The van der Waals surface area contributed by atoms with Crippen molar-refractivity contribution in [1.82, 2.24) is 19.6 Å². The largest absolute Gasteiger partial charge is 0.504 e. The van der Waals surface area contributed by atoms with Gasteiger partial charge in [0.05, 0.1) is 11.4 Å². The molecule has 0 aliphatic heterocycles. The monoisotopic (exact) mass is 312 g/mol. The Labute approximate surface area is 132 Å². The van der Waals surface area contributed by atoms with Gasteiger partial charge < -0.3 is 10.2 Å². The van der Waals surface area contributed by atoms with Gasteiger partial charge in [-0.1, -0.05) is 19.9 Å². The van der Waals surface area contributed by atoms with Crippen LogP contribution >= 0.6 is 0 Å². The van der Waals surface area contributed by atoms with E-state index in [9.17, 15) is 15.0 Å². The average molecular weight is 312 g/mol. The molecule has 3 rings (SSSR count). The number of aliphatic hydroxyl groups excluding tert-OH is 1. The second-order valence-electron chi connectivity index (χ2n) is 5.12. The smallest absolute Gasteiger partial charge is 0.254 e. The molecule has 0 saturated heterocycles. The fraction of sp³-hybridized carbons (Fsp3) is 0.250. The van der Waals surface area contributed by atoms with Gasteiger partial charge in [0.1, 0.15) is 5.69 Å². The van der Waals surface area contributed by atoms with Crippen LogP contribution in [0.4, 0.5) is 0 Å². The number of ketones is 1. The Morgan fingerprint density at radius 1 is 1.13 bits per heavy atom. The average Bonchev–Trinajstić information content (AvgIpc) is 2.84. The first-order chi connectivity index (χ1) is 11.0. The Morgan fingerprint density at radius 2 is 1.87 bits per heavy atom. The molecule has 1 aliphatic carbocycles. The van der Waals surface area contributed by atoms with E-state index < -0.39 is 5.78 Å². The third-order valence-electron chi connectivity index (χ3n) is 3.60. The van der Waals surface area contributed by atoms with E-state index in [0.717, 1.165) is 24.2 Å². The van der Waals surface area contributed by atoms with Crippen molar-refractivity contribution >= 4 is 17.6 Å². The zero-order chi connectivity index (χ0) is 16.6. The molecule has 2 heterocycles. The number of allylic oxidation sites excluding steroid dienone is 4. The number of imidazole rings is 1. The molecule has 0 fully saturated rings. The van der Waals surface area contributed by atoms with E-state index in [1.54, 1.807) is 12.2 Å². The highest BCUT2D eigenvalue weighted by Gasteiger charge is 2.16. The molecule has 2 aromatic rings. The Morgan fingerprint density at radius 3 is 2.52 bits per heavy atom. The molecule has 0 aromatic carbocycles. The van der Waals surface area contributed by atoms with Gasteiger partial charge in [0, 0.05) is 0 Å². The summed E-state index contributed by atoms with van der Waals surface area (Å²) in [4.78, 5) is 19.7. The molecule has 7 heteroatoms. The van der Waals surface area contributed by atoms with Crippen molar-refractivity contribution in [3.63, 3.8) is 0 Å². The van der Waals surface area contributed by atoms with Gasteiger partial charge in [-0.3, -0.25) is 4.79 Å². The minimum absolute atomic E-state index is 0.203. The van der Waals surface area contributed by atoms with Crippen molar-refractivity contribution < 1.29 is 15.0 Å². The van der Waals surface area contributed by atoms with Crippen LogP contribution < -0.4 is 0 Å². The van der Waals surface area contributed by atoms with Gasteiger partial charge >= 0.3 is 0 Å². The van der Waals surface area contributed by atoms with E-state index in [1.807, 2.05) is 13.8 Å². The molecule has 0 saturated carbocycles. The van der Waals surface area contributed by atoms with E-state index in [0.29, 0.717) is 17.0 Å². The Bertz CT molecular complexity index is 890. The van der Waals surface area contributed by atoms with Crippen LogP contribution in [-0.2, 0) is 17.6 Å². The lowest BCUT2D eigenvalue weighted by Crippen LogP contribution is -2.07. The molecule has 0 radical (unpaired) electrons. The first-order valence-electron chi connectivity index (χ1n) is 7.35. The van der Waals surface area contributed by atoms with Crippen molar-refractivity contribution in [2.45, 2.75) is 26.7 Å². The zero-order valence-electron chi connectivity index (χ0n) is 12.8. The summed E-state index contributed by atoms with van der Waals surface area (Å²) in [5, 5.41) is 24.1. The van der Waals surface area contributed by atoms with Gasteiger partial charge in [-0.05, 0) is 36.6 Å². The van der Waals surface area contributed by atoms with Gasteiger partial charge in [0.25, 0.3) is 5.78 Å². The molecule has 2 aromatic heterocycles. The van der Waals surface area contributed by atoms with Crippen molar-refractivity contribution in [2.75, 3.05) is 0 Å². The van der Waals surface area contributed by atoms with Crippen LogP contribution in [0.15, 0.2) is 29.6 Å². The number of nitrogens with zero attached hydrogens (tertiary/aromatic N) is 4. The standard InChI is InChI=1S/C16H16N4O3/c1-3-10-11(4-2)19-20-12(15(23)18-16(20)17-10)7-9-5-6-13(21)14(22)8-9/h5-8,22-23H,3-4H2,1-2H3. The van der Waals surface area contributed by atoms with Crippen molar-refractivity contribution in [3.05, 3.63) is 46.6 Å². The Balaban J connectivity index is 2.16. The van der Waals surface area contributed by atoms with Gasteiger partial charge in [-0.25, -0.2) is 4.98 Å². The summed E-state index contributed by atoms with van der Waals surface area (Å²) in [6, 6.07) is 0. The normalized spacial score (nSPS) is 16.3. The number of carbonyl (C=O) groups excluding carboxylic acids is 1. The highest BCUT2D eigenvalue weighted by Crippen LogP contribution is 2.23. The minimum atomic E-state index is -0.454. The van der Waals surface area contributed by atoms with Gasteiger partial charge in [-0.2, -0.15) is 14.6 Å². The quantitative estimate of drug-likeness (QED) is 0.898. The second-order valence-corrected chi connectivity index (χ2v) is 5.12. The van der Waals surface area contributed by atoms with Crippen LogP contribution in [-0.4, -0.2) is 35.6 Å². The fourth-order valence-corrected chi connectivity index (χ4v) is 2.40. The summed E-state index contributed by atoms with van der Waals surface area (Å²) in [5.41, 5.74) is 2.59. The SMILES string of the molecule is CCc1nc2nc(O)c(C=C3C=CC(=O)C(O)=C3)n2nc1CC. The number of aromatic nitrogens is 4. The fourth-order valence-electron chi connectivity index (χ4n) is 2.40. The molecule has 0 spiro atoms. The third-order valence-corrected chi connectivity index (χ3v) is 3.60. The number of aromatic hydroxyl groups is 1. The summed E-state index contributed by atoms with van der Waals surface area (Å²) in [6.07, 6.45) is 7.19. The van der Waals surface area contributed by atoms with Crippen molar-refractivity contribution in [2.24, 2.45) is 0 Å². The van der Waals surface area contributed by atoms with Gasteiger partial charge in [0.2, 0.25) is 11.7 Å². The lowest BCUT2D eigenvalue weighted by atomic mass is 10.1. The molecule has 1 aliphatic rings. The minimum Gasteiger partial charge on any atom is -0.504 e. The second kappa shape index (κ2) is 5.68. The maximum Gasteiger partial charge on any atom is 0.254 e. The molecule has 0 bridgehead atoms. The van der Waals surface area contributed by atoms with Crippen LogP contribution in [0.1, 0.15) is 30.9 Å². The van der Waals surface area contributed by atoms with Crippen molar-refractivity contribution in [1.29, 1.82) is 0 Å². The molecule has 0 amide bonds. The highest BCUT2D eigenvalue weighted by atomic mass is 16.3. The summed E-state index contributed by atoms with van der Waals surface area (Å²) in [6.45, 7) is 3.98. The van der Waals surface area contributed by atoms with E-state index in [1.165, 1.54) is 16.7 Å². The summed E-state index contributed by atoms with van der Waals surface area (Å²) >= 11 is 0. The van der Waals surface area contributed by atoms with Gasteiger partial charge in [-0.15, -0.1) is 0 Å². The van der Waals surface area contributed by atoms with Crippen LogP contribution in [0.2, 0.25) is 0 Å². The third kappa shape index (κ3) is 2.61. The maximum absolute atomic E-state index is 11.3. The molecular formula is C16H16N4O3. The predicted octanol–water partition coefficient (Wildman–Crippen LogP) is 1.92. The first kappa shape index (κ1) is 15.0. The number of carbonyl (C=O) groups is 1. The van der Waals surface area contributed by atoms with E-state index in [4.69, 9.17) is 0 Å². The van der Waals surface area contributed by atoms with Crippen LogP contribution in [0.5, 0.6) is 5.88 Å². The predicted molar refractivity (Wildman–Crippen MR) is 84.0 cm³/mol. The summed E-state index contributed by atoms with van der Waals surface area (Å²) in [5.74, 6) is -0.690. The van der Waals surface area contributed by atoms with Crippen LogP contribution in [0.25, 0.3) is 11.9 Å². The molecule has 0 unspecified atom stereocenters. The Hall–Kier alpha value is -2.96. The van der Waals surface area contributed by atoms with Gasteiger partial charge in [0.15, 0.2) is 5.76 Å². The number of fused-ring (bicyclic) bond motifs is 1. The zero-order valence-corrected chi connectivity index (χ0v) is 12.8. The molecule has 23 heavy (non-hydrogen) atoms. The first-order valence-corrected chi connectivity index (χ1v) is 7.35. The maximum atomic E-state index is 11.3. The molecule has 7 nitrogen and oxygen atoms in total. The van der Waals surface area contributed by atoms with Crippen LogP contribution in [0.3, 0.4) is 0 Å². The van der Waals surface area contributed by atoms with E-state index >= 15 is 0 Å². The molecular weight excluding hydrogens is 296 g/mol. The number of aryl methyl sites for hydroxylation is 2. The highest BCUT2D eigenvalue weighted by molar-refractivity contribution is 6.04. The topological polar surface area (TPSA) is 101 Å². The number of hydrogen-bond acceptors (Lipinski definition) is 6. The number of rotatable bonds is 3. The van der Waals surface area contributed by atoms with E-state index in [-0.39, 0.29) is 11.6 Å². The Kier molecular flexibility index (Phi) is 3.69. The van der Waals surface area contributed by atoms with Crippen LogP contribution in [0, 0.1) is 0 Å². The lowest BCUT2D eigenvalue weighted by molar-refractivity contribution is -0.113. The molecule has 2 N–H and O–H groups in total.